The number of unbranched alkanes of at least 4 members (excludes halogenated alkanes) is 2. The Labute approximate surface area is 136 Å². The molecule has 0 unspecified atom stereocenters. The molecular formula is C16H23NO5S. The zero-order valence-electron chi connectivity index (χ0n) is 13.2. The molecule has 1 aromatic rings. The monoisotopic (exact) mass is 341 g/mol. The highest BCUT2D eigenvalue weighted by Crippen LogP contribution is 2.13. The second-order valence-electron chi connectivity index (χ2n) is 5.28. The maximum Gasteiger partial charge on any atom is 0.303 e. The molecular weight excluding hydrogens is 318 g/mol. The summed E-state index contributed by atoms with van der Waals surface area (Å²) in [4.78, 5) is 22.4. The normalized spacial score (nSPS) is 11.2. The summed E-state index contributed by atoms with van der Waals surface area (Å²) in [5.41, 5.74) is 0.655. The first-order valence-electron chi connectivity index (χ1n) is 7.65. The van der Waals surface area contributed by atoms with Gasteiger partial charge in [0.25, 0.3) is 0 Å². The third-order valence-electron chi connectivity index (χ3n) is 3.39. The average Bonchev–Trinajstić information content (AvgIpc) is 2.50. The summed E-state index contributed by atoms with van der Waals surface area (Å²) >= 11 is 0. The van der Waals surface area contributed by atoms with E-state index in [2.05, 4.69) is 5.32 Å². The number of carbonyl (C=O) groups is 2. The Morgan fingerprint density at radius 3 is 2.57 bits per heavy atom. The lowest BCUT2D eigenvalue weighted by molar-refractivity contribution is -0.137. The van der Waals surface area contributed by atoms with Crippen molar-refractivity contribution in [3.8, 4) is 0 Å². The van der Waals surface area contributed by atoms with E-state index in [1.54, 1.807) is 19.1 Å². The number of hydrogen-bond acceptors (Lipinski definition) is 4. The van der Waals surface area contributed by atoms with Crippen LogP contribution in [0.4, 0.5) is 0 Å². The molecule has 0 aliphatic heterocycles. The second-order valence-corrected chi connectivity index (χ2v) is 7.56. The Balaban J connectivity index is 2.40. The van der Waals surface area contributed by atoms with Crippen molar-refractivity contribution in [1.29, 1.82) is 0 Å². The van der Waals surface area contributed by atoms with Gasteiger partial charge in [0.1, 0.15) is 0 Å². The van der Waals surface area contributed by atoms with Gasteiger partial charge in [0, 0.05) is 13.0 Å². The minimum absolute atomic E-state index is 0.0268. The highest BCUT2D eigenvalue weighted by atomic mass is 32.2. The minimum Gasteiger partial charge on any atom is -0.481 e. The first-order chi connectivity index (χ1) is 10.8. The molecule has 0 atom stereocenters. The fourth-order valence-electron chi connectivity index (χ4n) is 2.07. The van der Waals surface area contributed by atoms with E-state index in [0.29, 0.717) is 18.5 Å². The molecule has 0 spiro atoms. The average molecular weight is 341 g/mol. The smallest absolute Gasteiger partial charge is 0.303 e. The number of nitrogens with one attached hydrogen (secondary N) is 1. The number of hydrogen-bond donors (Lipinski definition) is 2. The number of carbonyl (C=O) groups excluding carboxylic acids is 1. The van der Waals surface area contributed by atoms with Gasteiger partial charge in [-0.25, -0.2) is 8.42 Å². The van der Waals surface area contributed by atoms with Gasteiger partial charge in [0.05, 0.1) is 17.1 Å². The van der Waals surface area contributed by atoms with E-state index < -0.39 is 15.8 Å². The molecule has 1 amide bonds. The van der Waals surface area contributed by atoms with Crippen molar-refractivity contribution < 1.29 is 23.1 Å². The van der Waals surface area contributed by atoms with Crippen LogP contribution in [-0.2, 0) is 25.8 Å². The maximum atomic E-state index is 11.8. The Morgan fingerprint density at radius 2 is 1.91 bits per heavy atom. The molecule has 0 saturated carbocycles. The largest absolute Gasteiger partial charge is 0.481 e. The third kappa shape index (κ3) is 7.27. The van der Waals surface area contributed by atoms with Crippen LogP contribution in [0, 0.1) is 0 Å². The van der Waals surface area contributed by atoms with Crippen LogP contribution < -0.4 is 5.32 Å². The topological polar surface area (TPSA) is 101 Å². The van der Waals surface area contributed by atoms with Crippen LogP contribution in [0.1, 0.15) is 38.2 Å². The molecule has 6 nitrogen and oxygen atoms in total. The Hall–Kier alpha value is -1.89. The van der Waals surface area contributed by atoms with Crippen molar-refractivity contribution in [3.63, 3.8) is 0 Å². The summed E-state index contributed by atoms with van der Waals surface area (Å²) in [5.74, 6) is -0.954. The number of amides is 1. The van der Waals surface area contributed by atoms with Gasteiger partial charge in [-0.3, -0.25) is 9.59 Å². The van der Waals surface area contributed by atoms with Crippen molar-refractivity contribution in [2.75, 3.05) is 12.3 Å². The van der Waals surface area contributed by atoms with Gasteiger partial charge in [-0.1, -0.05) is 25.5 Å². The molecule has 1 aromatic carbocycles. The molecule has 7 heteroatoms. The van der Waals surface area contributed by atoms with Crippen LogP contribution in [0.5, 0.6) is 0 Å². The van der Waals surface area contributed by atoms with Gasteiger partial charge >= 0.3 is 5.97 Å². The van der Waals surface area contributed by atoms with Crippen LogP contribution in [0.15, 0.2) is 29.2 Å². The van der Waals surface area contributed by atoms with Crippen LogP contribution >= 0.6 is 0 Å². The molecule has 0 aliphatic rings. The molecule has 1 rings (SSSR count). The van der Waals surface area contributed by atoms with Crippen LogP contribution in [0.25, 0.3) is 0 Å². The lowest BCUT2D eigenvalue weighted by atomic mass is 10.1. The molecule has 0 fully saturated rings. The maximum absolute atomic E-state index is 11.8. The van der Waals surface area contributed by atoms with Crippen LogP contribution in [-0.4, -0.2) is 37.7 Å². The standard InChI is InChI=1S/C16H23NO5S/c1-2-23(21,22)14-8-6-7-13(11-14)12-15(18)17-10-5-3-4-9-16(19)20/h6-8,11H,2-5,9-10,12H2,1H3,(H,17,18)(H,19,20). The van der Waals surface area contributed by atoms with Crippen LogP contribution in [0.3, 0.4) is 0 Å². The number of carboxylic acids is 1. The molecule has 0 radical (unpaired) electrons. The zero-order chi connectivity index (χ0) is 17.3. The van der Waals surface area contributed by atoms with E-state index in [9.17, 15) is 18.0 Å². The van der Waals surface area contributed by atoms with E-state index in [0.717, 1.165) is 12.8 Å². The van der Waals surface area contributed by atoms with Gasteiger partial charge in [0.15, 0.2) is 9.84 Å². The summed E-state index contributed by atoms with van der Waals surface area (Å²) < 4.78 is 23.6. The number of carboxylic acid groups (broad SMARTS) is 1. The zero-order valence-corrected chi connectivity index (χ0v) is 14.1. The Bertz CT molecular complexity index is 640. The molecule has 0 aliphatic carbocycles. The van der Waals surface area contributed by atoms with Gasteiger partial charge in [-0.05, 0) is 30.5 Å². The lowest BCUT2D eigenvalue weighted by Crippen LogP contribution is -2.26. The number of aliphatic carboxylic acids is 1. The molecule has 0 heterocycles. The van der Waals surface area contributed by atoms with E-state index in [4.69, 9.17) is 5.11 Å². The molecule has 0 saturated heterocycles. The van der Waals surface area contributed by atoms with Gasteiger partial charge in [0.2, 0.25) is 5.91 Å². The fourth-order valence-corrected chi connectivity index (χ4v) is 3.02. The predicted octanol–water partition coefficient (Wildman–Crippen LogP) is 1.78. The SMILES string of the molecule is CCS(=O)(=O)c1cccc(CC(=O)NCCCCCC(=O)O)c1. The molecule has 2 N–H and O–H groups in total. The van der Waals surface area contributed by atoms with E-state index >= 15 is 0 Å². The van der Waals surface area contributed by atoms with Crippen molar-refractivity contribution in [2.24, 2.45) is 0 Å². The second kappa shape index (κ2) is 9.29. The van der Waals surface area contributed by atoms with E-state index in [-0.39, 0.29) is 29.4 Å². The number of rotatable bonds is 10. The summed E-state index contributed by atoms with van der Waals surface area (Å²) in [7, 11) is -3.27. The lowest BCUT2D eigenvalue weighted by Gasteiger charge is -2.07. The minimum atomic E-state index is -3.27. The number of sulfone groups is 1. The Morgan fingerprint density at radius 1 is 1.17 bits per heavy atom. The summed E-state index contributed by atoms with van der Waals surface area (Å²) in [6.45, 7) is 2.07. The predicted molar refractivity (Wildman–Crippen MR) is 87.0 cm³/mol. The summed E-state index contributed by atoms with van der Waals surface area (Å²) in [6, 6.07) is 6.42. The van der Waals surface area contributed by atoms with Gasteiger partial charge in [-0.2, -0.15) is 0 Å². The number of benzene rings is 1. The first-order valence-corrected chi connectivity index (χ1v) is 9.30. The first kappa shape index (κ1) is 19.2. The van der Waals surface area contributed by atoms with Crippen LogP contribution in [0.2, 0.25) is 0 Å². The Kier molecular flexibility index (Phi) is 7.74. The highest BCUT2D eigenvalue weighted by molar-refractivity contribution is 7.91. The molecule has 0 aromatic heterocycles. The quantitative estimate of drug-likeness (QED) is 0.632. The molecule has 23 heavy (non-hydrogen) atoms. The van der Waals surface area contributed by atoms with Crippen molar-refractivity contribution >= 4 is 21.7 Å². The fraction of sp³-hybridized carbons (Fsp3) is 0.500. The van der Waals surface area contributed by atoms with Gasteiger partial charge < -0.3 is 10.4 Å². The van der Waals surface area contributed by atoms with E-state index in [1.807, 2.05) is 0 Å². The highest BCUT2D eigenvalue weighted by Gasteiger charge is 2.12. The summed E-state index contributed by atoms with van der Waals surface area (Å²) in [5, 5.41) is 11.3. The van der Waals surface area contributed by atoms with E-state index in [1.165, 1.54) is 12.1 Å². The van der Waals surface area contributed by atoms with Crippen molar-refractivity contribution in [3.05, 3.63) is 29.8 Å². The molecule has 0 bridgehead atoms. The van der Waals surface area contributed by atoms with Crippen molar-refractivity contribution in [2.45, 2.75) is 43.9 Å². The molecule has 128 valence electrons. The third-order valence-corrected chi connectivity index (χ3v) is 5.12. The van der Waals surface area contributed by atoms with Crippen molar-refractivity contribution in [1.82, 2.24) is 5.32 Å². The summed E-state index contributed by atoms with van der Waals surface area (Å²) in [6.07, 6.45) is 2.34. The van der Waals surface area contributed by atoms with Gasteiger partial charge in [-0.15, -0.1) is 0 Å².